The highest BCUT2D eigenvalue weighted by Crippen LogP contribution is 2.21. The molecule has 2 N–H and O–H groups in total. The number of hydrogen-bond donors (Lipinski definition) is 2. The average Bonchev–Trinajstić information content (AvgIpc) is 2.81. The molecule has 0 spiro atoms. The van der Waals surface area contributed by atoms with Crippen molar-refractivity contribution >= 4 is 27.6 Å². The number of anilines is 1. The van der Waals surface area contributed by atoms with E-state index in [-0.39, 0.29) is 0 Å². The van der Waals surface area contributed by atoms with Crippen LogP contribution in [0.4, 0.5) is 5.69 Å². The number of aromatic carboxylic acids is 1. The number of halogens is 1. The third kappa shape index (κ3) is 3.46. The Balaban J connectivity index is 1.85. The summed E-state index contributed by atoms with van der Waals surface area (Å²) < 4.78 is 0.612. The lowest BCUT2D eigenvalue weighted by Crippen LogP contribution is -2.25. The van der Waals surface area contributed by atoms with E-state index < -0.39 is 5.97 Å². The quantitative estimate of drug-likeness (QED) is 0.877. The Hall–Kier alpha value is -1.07. The van der Waals surface area contributed by atoms with Crippen molar-refractivity contribution in [2.24, 2.45) is 0 Å². The van der Waals surface area contributed by atoms with Crippen LogP contribution >= 0.6 is 15.9 Å². The van der Waals surface area contributed by atoms with Gasteiger partial charge >= 0.3 is 5.97 Å². The molecular formula is C13H17BrN2O2. The maximum atomic E-state index is 10.9. The first-order valence-corrected chi connectivity index (χ1v) is 6.95. The second-order valence-corrected chi connectivity index (χ2v) is 5.33. The van der Waals surface area contributed by atoms with Crippen molar-refractivity contribution in [1.82, 2.24) is 4.90 Å². The number of hydrogen-bond acceptors (Lipinski definition) is 3. The third-order valence-corrected chi connectivity index (χ3v) is 3.81. The lowest BCUT2D eigenvalue weighted by atomic mass is 10.2. The smallest absolute Gasteiger partial charge is 0.336 e. The maximum Gasteiger partial charge on any atom is 0.336 e. The van der Waals surface area contributed by atoms with Gasteiger partial charge in [0.25, 0.3) is 0 Å². The predicted molar refractivity (Wildman–Crippen MR) is 75.3 cm³/mol. The zero-order valence-electron chi connectivity index (χ0n) is 10.2. The van der Waals surface area contributed by atoms with Crippen LogP contribution in [0, 0.1) is 0 Å². The summed E-state index contributed by atoms with van der Waals surface area (Å²) in [5, 5.41) is 12.2. The minimum Gasteiger partial charge on any atom is -0.478 e. The van der Waals surface area contributed by atoms with Gasteiger partial charge in [0.2, 0.25) is 0 Å². The molecular weight excluding hydrogens is 296 g/mol. The van der Waals surface area contributed by atoms with Crippen molar-refractivity contribution in [2.75, 3.05) is 31.5 Å². The molecule has 1 aromatic carbocycles. The number of rotatable bonds is 5. The molecule has 0 aromatic heterocycles. The Labute approximate surface area is 115 Å². The van der Waals surface area contributed by atoms with Crippen LogP contribution in [0.2, 0.25) is 0 Å². The number of nitrogens with one attached hydrogen (secondary N) is 1. The SMILES string of the molecule is O=C(O)c1ccc(NCCN2CCCC2)cc1Br. The first-order valence-electron chi connectivity index (χ1n) is 6.16. The van der Waals surface area contributed by atoms with E-state index in [9.17, 15) is 4.79 Å². The Bertz CT molecular complexity index is 431. The van der Waals surface area contributed by atoms with E-state index in [0.717, 1.165) is 18.8 Å². The molecule has 18 heavy (non-hydrogen) atoms. The molecule has 2 rings (SSSR count). The molecule has 1 saturated heterocycles. The van der Waals surface area contributed by atoms with Crippen molar-refractivity contribution < 1.29 is 9.90 Å². The summed E-state index contributed by atoms with van der Waals surface area (Å²) in [6.45, 7) is 4.32. The van der Waals surface area contributed by atoms with Gasteiger partial charge in [-0.05, 0) is 60.1 Å². The predicted octanol–water partition coefficient (Wildman–Crippen LogP) is 2.66. The normalized spacial score (nSPS) is 15.8. The van der Waals surface area contributed by atoms with Gasteiger partial charge in [0.05, 0.1) is 5.56 Å². The summed E-state index contributed by atoms with van der Waals surface area (Å²) in [6.07, 6.45) is 2.61. The van der Waals surface area contributed by atoms with Gasteiger partial charge in [-0.2, -0.15) is 0 Å². The number of nitrogens with zero attached hydrogens (tertiary/aromatic N) is 1. The minimum atomic E-state index is -0.912. The molecule has 5 heteroatoms. The standard InChI is InChI=1S/C13H17BrN2O2/c14-12-9-10(3-4-11(12)13(17)18)15-5-8-16-6-1-2-7-16/h3-4,9,15H,1-2,5-8H2,(H,17,18). The van der Waals surface area contributed by atoms with Gasteiger partial charge < -0.3 is 15.3 Å². The van der Waals surface area contributed by atoms with E-state index in [0.29, 0.717) is 10.0 Å². The number of likely N-dealkylation sites (tertiary alicyclic amines) is 1. The summed E-state index contributed by atoms with van der Waals surface area (Å²) >= 11 is 3.27. The molecule has 1 heterocycles. The summed E-state index contributed by atoms with van der Waals surface area (Å²) in [6, 6.07) is 5.23. The molecule has 0 radical (unpaired) electrons. The van der Waals surface area contributed by atoms with E-state index in [4.69, 9.17) is 5.11 Å². The highest BCUT2D eigenvalue weighted by Gasteiger charge is 2.11. The van der Waals surface area contributed by atoms with E-state index in [1.165, 1.54) is 25.9 Å². The largest absolute Gasteiger partial charge is 0.478 e. The van der Waals surface area contributed by atoms with Crippen LogP contribution in [0.3, 0.4) is 0 Å². The molecule has 1 fully saturated rings. The summed E-state index contributed by atoms with van der Waals surface area (Å²) in [4.78, 5) is 13.3. The molecule has 4 nitrogen and oxygen atoms in total. The van der Waals surface area contributed by atoms with Crippen LogP contribution in [0.1, 0.15) is 23.2 Å². The van der Waals surface area contributed by atoms with Gasteiger partial charge in [-0.25, -0.2) is 4.79 Å². The van der Waals surface area contributed by atoms with E-state index >= 15 is 0 Å². The zero-order chi connectivity index (χ0) is 13.0. The molecule has 0 aliphatic carbocycles. The Morgan fingerprint density at radius 1 is 1.39 bits per heavy atom. The molecule has 0 atom stereocenters. The average molecular weight is 313 g/mol. The molecule has 1 aromatic rings. The Morgan fingerprint density at radius 3 is 2.72 bits per heavy atom. The fourth-order valence-corrected chi connectivity index (χ4v) is 2.71. The first kappa shape index (κ1) is 13.4. The van der Waals surface area contributed by atoms with Gasteiger partial charge in [-0.15, -0.1) is 0 Å². The fourth-order valence-electron chi connectivity index (χ4n) is 2.16. The van der Waals surface area contributed by atoms with Gasteiger partial charge in [0.1, 0.15) is 0 Å². The number of carbonyl (C=O) groups is 1. The van der Waals surface area contributed by atoms with Gasteiger partial charge in [-0.1, -0.05) is 0 Å². The topological polar surface area (TPSA) is 52.6 Å². The van der Waals surface area contributed by atoms with E-state index in [1.54, 1.807) is 12.1 Å². The fraction of sp³-hybridized carbons (Fsp3) is 0.462. The first-order chi connectivity index (χ1) is 8.66. The number of carboxylic acids is 1. The van der Waals surface area contributed by atoms with Crippen LogP contribution in [0.15, 0.2) is 22.7 Å². The third-order valence-electron chi connectivity index (χ3n) is 3.16. The lowest BCUT2D eigenvalue weighted by Gasteiger charge is -2.15. The second-order valence-electron chi connectivity index (χ2n) is 4.48. The Morgan fingerprint density at radius 2 is 2.11 bits per heavy atom. The summed E-state index contributed by atoms with van der Waals surface area (Å²) in [5.41, 5.74) is 1.24. The summed E-state index contributed by atoms with van der Waals surface area (Å²) in [5.74, 6) is -0.912. The van der Waals surface area contributed by atoms with E-state index in [1.807, 2.05) is 6.07 Å². The maximum absolute atomic E-state index is 10.9. The van der Waals surface area contributed by atoms with Crippen LogP contribution in [-0.4, -0.2) is 42.2 Å². The van der Waals surface area contributed by atoms with Gasteiger partial charge in [0.15, 0.2) is 0 Å². The molecule has 98 valence electrons. The van der Waals surface area contributed by atoms with Crippen molar-refractivity contribution in [3.8, 4) is 0 Å². The van der Waals surface area contributed by atoms with Crippen molar-refractivity contribution in [3.05, 3.63) is 28.2 Å². The van der Waals surface area contributed by atoms with Crippen molar-refractivity contribution in [2.45, 2.75) is 12.8 Å². The van der Waals surface area contributed by atoms with Crippen LogP contribution in [0.25, 0.3) is 0 Å². The molecule has 0 amide bonds. The van der Waals surface area contributed by atoms with Gasteiger partial charge in [0, 0.05) is 23.2 Å². The molecule has 1 aliphatic heterocycles. The highest BCUT2D eigenvalue weighted by molar-refractivity contribution is 9.10. The molecule has 0 unspecified atom stereocenters. The minimum absolute atomic E-state index is 0.292. The number of carboxylic acid groups (broad SMARTS) is 1. The van der Waals surface area contributed by atoms with E-state index in [2.05, 4.69) is 26.1 Å². The van der Waals surface area contributed by atoms with Crippen molar-refractivity contribution in [1.29, 1.82) is 0 Å². The zero-order valence-corrected chi connectivity index (χ0v) is 11.7. The van der Waals surface area contributed by atoms with Gasteiger partial charge in [-0.3, -0.25) is 0 Å². The molecule has 1 aliphatic rings. The number of benzene rings is 1. The van der Waals surface area contributed by atoms with Crippen LogP contribution < -0.4 is 5.32 Å². The van der Waals surface area contributed by atoms with Crippen molar-refractivity contribution in [3.63, 3.8) is 0 Å². The molecule has 0 bridgehead atoms. The molecule has 0 saturated carbocycles. The van der Waals surface area contributed by atoms with Crippen LogP contribution in [0.5, 0.6) is 0 Å². The van der Waals surface area contributed by atoms with Crippen LogP contribution in [-0.2, 0) is 0 Å². The lowest BCUT2D eigenvalue weighted by molar-refractivity contribution is 0.0696. The Kier molecular flexibility index (Phi) is 4.60. The monoisotopic (exact) mass is 312 g/mol. The summed E-state index contributed by atoms with van der Waals surface area (Å²) in [7, 11) is 0. The second kappa shape index (κ2) is 6.20. The highest BCUT2D eigenvalue weighted by atomic mass is 79.9.